The summed E-state index contributed by atoms with van der Waals surface area (Å²) in [5, 5.41) is 0. The summed E-state index contributed by atoms with van der Waals surface area (Å²) >= 11 is 0. The highest BCUT2D eigenvalue weighted by atomic mass is 19.1. The number of hydrazine groups is 1. The highest BCUT2D eigenvalue weighted by molar-refractivity contribution is 5.80. The minimum atomic E-state index is -0.254. The smallest absolute Gasteiger partial charge is 0.227 e. The second-order valence-electron chi connectivity index (χ2n) is 7.04. The van der Waals surface area contributed by atoms with Crippen LogP contribution in [0.15, 0.2) is 24.3 Å². The van der Waals surface area contributed by atoms with E-state index in [0.29, 0.717) is 25.6 Å². The van der Waals surface area contributed by atoms with E-state index in [9.17, 15) is 9.18 Å². The van der Waals surface area contributed by atoms with Gasteiger partial charge in [-0.2, -0.15) is 0 Å². The number of amides is 1. The first-order valence-corrected chi connectivity index (χ1v) is 8.86. The molecule has 24 heavy (non-hydrogen) atoms. The van der Waals surface area contributed by atoms with Crippen molar-refractivity contribution in [3.63, 3.8) is 0 Å². The third-order valence-electron chi connectivity index (χ3n) is 5.60. The van der Waals surface area contributed by atoms with Crippen LogP contribution in [-0.2, 0) is 9.53 Å². The lowest BCUT2D eigenvalue weighted by Crippen LogP contribution is -2.52. The molecule has 4 rings (SSSR count). The van der Waals surface area contributed by atoms with Crippen molar-refractivity contribution in [1.82, 2.24) is 15.8 Å². The minimum absolute atomic E-state index is 0.0470. The van der Waals surface area contributed by atoms with Crippen LogP contribution in [0.1, 0.15) is 30.9 Å². The number of morpholine rings is 1. The summed E-state index contributed by atoms with van der Waals surface area (Å²) in [6.45, 7) is 2.67. The van der Waals surface area contributed by atoms with Crippen molar-refractivity contribution in [2.24, 2.45) is 11.8 Å². The first kappa shape index (κ1) is 16.0. The third-order valence-corrected chi connectivity index (χ3v) is 5.60. The topological polar surface area (TPSA) is 53.6 Å². The molecule has 130 valence electrons. The maximum absolute atomic E-state index is 13.1. The molecule has 0 spiro atoms. The molecular weight excluding hydrogens is 309 g/mol. The van der Waals surface area contributed by atoms with Crippen molar-refractivity contribution in [3.8, 4) is 0 Å². The number of nitrogens with one attached hydrogen (secondary N) is 2. The molecule has 1 aromatic rings. The monoisotopic (exact) mass is 333 g/mol. The van der Waals surface area contributed by atoms with E-state index >= 15 is 0 Å². The van der Waals surface area contributed by atoms with E-state index in [1.807, 2.05) is 4.90 Å². The molecule has 5 nitrogen and oxygen atoms in total. The average Bonchev–Trinajstić information content (AvgIpc) is 3.10. The van der Waals surface area contributed by atoms with Crippen LogP contribution in [0.4, 0.5) is 4.39 Å². The van der Waals surface area contributed by atoms with Crippen molar-refractivity contribution in [2.75, 3.05) is 26.2 Å². The summed E-state index contributed by atoms with van der Waals surface area (Å²) < 4.78 is 18.9. The fraction of sp³-hybridized carbons (Fsp3) is 0.611. The van der Waals surface area contributed by atoms with Crippen LogP contribution in [0, 0.1) is 17.7 Å². The molecule has 3 aliphatic rings. The molecule has 0 aromatic heterocycles. The molecule has 1 aliphatic carbocycles. The number of rotatable bonds is 2. The number of fused-ring (bicyclic) bond motifs is 1. The Kier molecular flexibility index (Phi) is 4.52. The third kappa shape index (κ3) is 3.06. The molecule has 2 aliphatic heterocycles. The Labute approximate surface area is 141 Å². The normalized spacial score (nSPS) is 33.3. The summed E-state index contributed by atoms with van der Waals surface area (Å²) in [5.41, 5.74) is 7.45. The van der Waals surface area contributed by atoms with Gasteiger partial charge in [0.15, 0.2) is 0 Å². The number of benzene rings is 1. The summed E-state index contributed by atoms with van der Waals surface area (Å²) in [6.07, 6.45) is 3.09. The lowest BCUT2D eigenvalue weighted by molar-refractivity contribution is -0.145. The molecular formula is C18H24FN3O2. The van der Waals surface area contributed by atoms with Gasteiger partial charge in [0, 0.05) is 19.1 Å². The molecule has 1 aromatic carbocycles. The maximum atomic E-state index is 13.1. The zero-order valence-corrected chi connectivity index (χ0v) is 13.7. The van der Waals surface area contributed by atoms with Crippen molar-refractivity contribution in [1.29, 1.82) is 0 Å². The first-order chi connectivity index (χ1) is 11.7. The quantitative estimate of drug-likeness (QED) is 0.864. The predicted molar refractivity (Wildman–Crippen MR) is 87.4 cm³/mol. The number of ether oxygens (including phenoxy) is 1. The van der Waals surface area contributed by atoms with Crippen molar-refractivity contribution in [2.45, 2.75) is 31.4 Å². The van der Waals surface area contributed by atoms with Crippen LogP contribution in [0.3, 0.4) is 0 Å². The number of hydrogen-bond donors (Lipinski definition) is 2. The highest BCUT2D eigenvalue weighted by Gasteiger charge is 2.42. The molecule has 2 heterocycles. The second kappa shape index (κ2) is 6.78. The van der Waals surface area contributed by atoms with Gasteiger partial charge in [-0.15, -0.1) is 0 Å². The summed E-state index contributed by atoms with van der Waals surface area (Å²) in [4.78, 5) is 15.0. The van der Waals surface area contributed by atoms with E-state index in [1.54, 1.807) is 12.1 Å². The number of hydrogen-bond acceptors (Lipinski definition) is 4. The Morgan fingerprint density at radius 3 is 2.92 bits per heavy atom. The van der Waals surface area contributed by atoms with Crippen LogP contribution in [0.25, 0.3) is 0 Å². The lowest BCUT2D eigenvalue weighted by atomic mass is 9.77. The molecule has 0 radical (unpaired) electrons. The first-order valence-electron chi connectivity index (χ1n) is 8.86. The Balaban J connectivity index is 1.45. The Morgan fingerprint density at radius 2 is 2.08 bits per heavy atom. The number of nitrogens with zero attached hydrogens (tertiary/aromatic N) is 1. The van der Waals surface area contributed by atoms with Crippen molar-refractivity contribution < 1.29 is 13.9 Å². The van der Waals surface area contributed by atoms with Gasteiger partial charge in [0.1, 0.15) is 11.9 Å². The van der Waals surface area contributed by atoms with Gasteiger partial charge in [-0.25, -0.2) is 4.39 Å². The molecule has 6 heteroatoms. The second-order valence-corrected chi connectivity index (χ2v) is 7.04. The molecule has 0 bridgehead atoms. The molecule has 4 unspecified atom stereocenters. The summed E-state index contributed by atoms with van der Waals surface area (Å²) in [5.74, 6) is 0.583. The fourth-order valence-electron chi connectivity index (χ4n) is 4.28. The van der Waals surface area contributed by atoms with E-state index in [-0.39, 0.29) is 29.8 Å². The van der Waals surface area contributed by atoms with E-state index in [0.717, 1.165) is 24.9 Å². The van der Waals surface area contributed by atoms with E-state index in [1.165, 1.54) is 18.6 Å². The van der Waals surface area contributed by atoms with Gasteiger partial charge in [-0.3, -0.25) is 15.6 Å². The zero-order chi connectivity index (χ0) is 16.5. The molecule has 2 N–H and O–H groups in total. The Morgan fingerprint density at radius 1 is 1.25 bits per heavy atom. The largest absolute Gasteiger partial charge is 0.370 e. The molecule has 2 saturated heterocycles. The van der Waals surface area contributed by atoms with Crippen molar-refractivity contribution >= 4 is 5.91 Å². The van der Waals surface area contributed by atoms with Gasteiger partial charge in [0.25, 0.3) is 0 Å². The van der Waals surface area contributed by atoms with Crippen LogP contribution in [0.5, 0.6) is 0 Å². The number of carbonyl (C=O) groups is 1. The average molecular weight is 333 g/mol. The standard InChI is InChI=1S/C18H24FN3O2/c19-14-6-4-12(5-7-14)16-11-22(8-9-24-16)18(23)15-3-1-2-13-10-20-21-17(13)15/h4-7,13,15-17,20-21H,1-3,8-11H2. The molecule has 3 fully saturated rings. The van der Waals surface area contributed by atoms with Gasteiger partial charge >= 0.3 is 0 Å². The summed E-state index contributed by atoms with van der Waals surface area (Å²) in [6, 6.07) is 6.62. The zero-order valence-electron chi connectivity index (χ0n) is 13.7. The van der Waals surface area contributed by atoms with Crippen molar-refractivity contribution in [3.05, 3.63) is 35.6 Å². The summed E-state index contributed by atoms with van der Waals surface area (Å²) in [7, 11) is 0. The van der Waals surface area contributed by atoms with Crippen LogP contribution in [-0.4, -0.2) is 43.1 Å². The van der Waals surface area contributed by atoms with Gasteiger partial charge in [-0.05, 0) is 36.5 Å². The van der Waals surface area contributed by atoms with E-state index in [2.05, 4.69) is 10.9 Å². The van der Waals surface area contributed by atoms with Gasteiger partial charge < -0.3 is 9.64 Å². The van der Waals surface area contributed by atoms with Gasteiger partial charge in [0.2, 0.25) is 5.91 Å². The van der Waals surface area contributed by atoms with Crippen LogP contribution >= 0.6 is 0 Å². The minimum Gasteiger partial charge on any atom is -0.370 e. The molecule has 1 saturated carbocycles. The SMILES string of the molecule is O=C(C1CCCC2CNNC21)N1CCOC(c2ccc(F)cc2)C1. The van der Waals surface area contributed by atoms with Crippen LogP contribution in [0.2, 0.25) is 0 Å². The lowest BCUT2D eigenvalue weighted by Gasteiger charge is -2.39. The predicted octanol–water partition coefficient (Wildman–Crippen LogP) is 1.62. The molecule has 1 amide bonds. The molecule has 4 atom stereocenters. The van der Waals surface area contributed by atoms with E-state index in [4.69, 9.17) is 4.74 Å². The van der Waals surface area contributed by atoms with Gasteiger partial charge in [0.05, 0.1) is 19.1 Å². The van der Waals surface area contributed by atoms with E-state index < -0.39 is 0 Å². The Hall–Kier alpha value is -1.50. The van der Waals surface area contributed by atoms with Crippen LogP contribution < -0.4 is 10.9 Å². The maximum Gasteiger partial charge on any atom is 0.227 e. The number of carbonyl (C=O) groups excluding carboxylic acids is 1. The number of halogens is 1. The highest BCUT2D eigenvalue weighted by Crippen LogP contribution is 2.33. The van der Waals surface area contributed by atoms with Gasteiger partial charge in [-0.1, -0.05) is 18.6 Å². The Bertz CT molecular complexity index is 594. The fourth-order valence-corrected chi connectivity index (χ4v) is 4.28.